The molecular weight excluding hydrogens is 364 g/mol. The average Bonchev–Trinajstić information content (AvgIpc) is 3.27. The largest absolute Gasteiger partial charge is 0.507 e. The minimum Gasteiger partial charge on any atom is -0.507 e. The summed E-state index contributed by atoms with van der Waals surface area (Å²) in [7, 11) is 0. The van der Waals surface area contributed by atoms with Crippen LogP contribution >= 0.6 is 11.3 Å². The molecule has 1 aliphatic rings. The third kappa shape index (κ3) is 3.95. The topological polar surface area (TPSA) is 89.9 Å². The van der Waals surface area contributed by atoms with Gasteiger partial charge in [-0.15, -0.1) is 11.3 Å². The monoisotopic (exact) mass is 386 g/mol. The fourth-order valence-electron chi connectivity index (χ4n) is 3.12. The number of aliphatic hydroxyl groups excluding tert-OH is 2. The fraction of sp³-hybridized carbons (Fsp3) is 0.300. The van der Waals surface area contributed by atoms with Crippen molar-refractivity contribution in [2.45, 2.75) is 13.0 Å². The van der Waals surface area contributed by atoms with Crippen molar-refractivity contribution >= 4 is 28.8 Å². The number of benzene rings is 1. The number of hydrogen-bond donors (Lipinski definition) is 3. The number of thiophene rings is 1. The number of nitrogens with one attached hydrogen (secondary N) is 1. The van der Waals surface area contributed by atoms with E-state index in [4.69, 9.17) is 5.11 Å². The zero-order chi connectivity index (χ0) is 19.4. The molecule has 27 heavy (non-hydrogen) atoms. The first kappa shape index (κ1) is 19.3. The van der Waals surface area contributed by atoms with Crippen LogP contribution in [0.5, 0.6) is 0 Å². The average molecular weight is 386 g/mol. The van der Waals surface area contributed by atoms with Gasteiger partial charge in [-0.3, -0.25) is 9.59 Å². The number of nitrogens with zero attached hydrogens (tertiary/aromatic N) is 1. The molecule has 1 fully saturated rings. The van der Waals surface area contributed by atoms with Gasteiger partial charge in [-0.1, -0.05) is 35.9 Å². The molecule has 3 rings (SSSR count). The molecule has 0 radical (unpaired) electrons. The Balaban J connectivity index is 2.00. The number of likely N-dealkylation sites (tertiary alicyclic amines) is 1. The maximum absolute atomic E-state index is 12.7. The summed E-state index contributed by atoms with van der Waals surface area (Å²) >= 11 is 1.44. The number of ketones is 1. The van der Waals surface area contributed by atoms with Crippen LogP contribution in [0.1, 0.15) is 22.0 Å². The van der Waals surface area contributed by atoms with Crippen molar-refractivity contribution in [3.05, 3.63) is 63.4 Å². The summed E-state index contributed by atoms with van der Waals surface area (Å²) in [4.78, 5) is 27.7. The number of aryl methyl sites for hydroxylation is 1. The second-order valence-electron chi connectivity index (χ2n) is 6.35. The second-order valence-corrected chi connectivity index (χ2v) is 7.33. The summed E-state index contributed by atoms with van der Waals surface area (Å²) in [5.74, 6) is -1.45. The number of amides is 1. The van der Waals surface area contributed by atoms with E-state index in [1.165, 1.54) is 16.2 Å². The van der Waals surface area contributed by atoms with Crippen LogP contribution < -0.4 is 5.32 Å². The van der Waals surface area contributed by atoms with E-state index in [2.05, 4.69) is 5.32 Å². The maximum Gasteiger partial charge on any atom is 0.295 e. The Hall–Kier alpha value is -2.48. The minimum absolute atomic E-state index is 0.000590. The molecule has 1 amide bonds. The molecule has 1 saturated heterocycles. The van der Waals surface area contributed by atoms with Crippen molar-refractivity contribution < 1.29 is 19.8 Å². The van der Waals surface area contributed by atoms with Gasteiger partial charge in [0.15, 0.2) is 0 Å². The van der Waals surface area contributed by atoms with Gasteiger partial charge in [0, 0.05) is 30.1 Å². The van der Waals surface area contributed by atoms with Crippen molar-refractivity contribution in [3.8, 4) is 0 Å². The van der Waals surface area contributed by atoms with Gasteiger partial charge in [0.1, 0.15) is 5.76 Å². The van der Waals surface area contributed by atoms with Crippen molar-refractivity contribution in [2.75, 3.05) is 26.2 Å². The van der Waals surface area contributed by atoms with E-state index in [0.29, 0.717) is 25.2 Å². The highest BCUT2D eigenvalue weighted by molar-refractivity contribution is 7.10. The molecule has 0 spiro atoms. The zero-order valence-corrected chi connectivity index (χ0v) is 15.8. The Labute approximate surface area is 161 Å². The Morgan fingerprint density at radius 2 is 1.93 bits per heavy atom. The van der Waals surface area contributed by atoms with Crippen LogP contribution in [-0.4, -0.2) is 53.0 Å². The van der Waals surface area contributed by atoms with Gasteiger partial charge in [-0.05, 0) is 18.4 Å². The predicted molar refractivity (Wildman–Crippen MR) is 104 cm³/mol. The third-order valence-corrected chi connectivity index (χ3v) is 5.42. The number of Topliss-reactive ketones (excluding diaryl/α,β-unsaturated/α-hetero) is 1. The van der Waals surface area contributed by atoms with Crippen molar-refractivity contribution in [2.24, 2.45) is 0 Å². The lowest BCUT2D eigenvalue weighted by atomic mass is 9.99. The van der Waals surface area contributed by atoms with Gasteiger partial charge < -0.3 is 20.4 Å². The summed E-state index contributed by atoms with van der Waals surface area (Å²) < 4.78 is 0. The fourth-order valence-corrected chi connectivity index (χ4v) is 3.97. The van der Waals surface area contributed by atoms with Crippen molar-refractivity contribution in [3.63, 3.8) is 0 Å². The first-order valence-corrected chi connectivity index (χ1v) is 9.63. The van der Waals surface area contributed by atoms with Crippen LogP contribution in [0, 0.1) is 6.92 Å². The second kappa shape index (κ2) is 8.47. The van der Waals surface area contributed by atoms with Crippen LogP contribution in [0.15, 0.2) is 47.4 Å². The van der Waals surface area contributed by atoms with E-state index in [9.17, 15) is 14.7 Å². The Morgan fingerprint density at radius 3 is 2.56 bits per heavy atom. The number of hydrogen-bond acceptors (Lipinski definition) is 6. The number of aliphatic hydroxyl groups is 2. The summed E-state index contributed by atoms with van der Waals surface area (Å²) in [6, 6.07) is 10.3. The van der Waals surface area contributed by atoms with Crippen molar-refractivity contribution in [1.29, 1.82) is 0 Å². The van der Waals surface area contributed by atoms with E-state index in [1.54, 1.807) is 12.1 Å². The maximum atomic E-state index is 12.7. The molecule has 1 aliphatic heterocycles. The lowest BCUT2D eigenvalue weighted by Crippen LogP contribution is -2.36. The zero-order valence-electron chi connectivity index (χ0n) is 15.0. The van der Waals surface area contributed by atoms with Gasteiger partial charge in [0.2, 0.25) is 0 Å². The number of carbonyl (C=O) groups excluding carboxylic acids is 2. The van der Waals surface area contributed by atoms with E-state index < -0.39 is 17.7 Å². The molecule has 6 nitrogen and oxygen atoms in total. The van der Waals surface area contributed by atoms with Crippen LogP contribution in [-0.2, 0) is 9.59 Å². The quantitative estimate of drug-likeness (QED) is 0.293. The van der Waals surface area contributed by atoms with E-state index in [0.717, 1.165) is 10.4 Å². The summed E-state index contributed by atoms with van der Waals surface area (Å²) in [5, 5.41) is 24.6. The van der Waals surface area contributed by atoms with E-state index in [1.807, 2.05) is 36.6 Å². The Kier molecular flexibility index (Phi) is 6.05. The summed E-state index contributed by atoms with van der Waals surface area (Å²) in [5.41, 5.74) is 1.67. The van der Waals surface area contributed by atoms with Crippen LogP contribution in [0.3, 0.4) is 0 Å². The minimum atomic E-state index is -0.673. The molecule has 1 aromatic heterocycles. The summed E-state index contributed by atoms with van der Waals surface area (Å²) in [6.07, 6.45) is 0. The normalized spacial score (nSPS) is 19.0. The molecule has 1 atom stereocenters. The van der Waals surface area contributed by atoms with Gasteiger partial charge in [-0.25, -0.2) is 0 Å². The SMILES string of the molecule is Cc1ccc(/C(O)=C2/C(=O)C(=O)N(CCNCCO)C2c2cccs2)cc1. The highest BCUT2D eigenvalue weighted by atomic mass is 32.1. The molecule has 2 aromatic rings. The molecule has 3 N–H and O–H groups in total. The molecule has 7 heteroatoms. The Morgan fingerprint density at radius 1 is 1.19 bits per heavy atom. The highest BCUT2D eigenvalue weighted by Gasteiger charge is 2.46. The standard InChI is InChI=1S/C20H22N2O4S/c1-13-4-6-14(7-5-13)18(24)16-17(15-3-2-12-27-15)22(20(26)19(16)25)10-8-21-9-11-23/h2-7,12,17,21,23-24H,8-11H2,1H3/b18-16-. The predicted octanol–water partition coefficient (Wildman–Crippen LogP) is 2.06. The lowest BCUT2D eigenvalue weighted by molar-refractivity contribution is -0.139. The van der Waals surface area contributed by atoms with Gasteiger partial charge in [0.25, 0.3) is 11.7 Å². The molecule has 142 valence electrons. The third-order valence-electron chi connectivity index (χ3n) is 4.50. The van der Waals surface area contributed by atoms with E-state index >= 15 is 0 Å². The van der Waals surface area contributed by atoms with Crippen LogP contribution in [0.25, 0.3) is 5.76 Å². The van der Waals surface area contributed by atoms with Gasteiger partial charge in [0.05, 0.1) is 18.2 Å². The number of rotatable bonds is 7. The molecule has 0 bridgehead atoms. The molecule has 2 heterocycles. The first-order valence-electron chi connectivity index (χ1n) is 8.75. The lowest BCUT2D eigenvalue weighted by Gasteiger charge is -2.24. The molecule has 1 aromatic carbocycles. The van der Waals surface area contributed by atoms with Crippen LogP contribution in [0.4, 0.5) is 0 Å². The summed E-state index contributed by atoms with van der Waals surface area (Å²) in [6.45, 7) is 3.10. The highest BCUT2D eigenvalue weighted by Crippen LogP contribution is 2.40. The van der Waals surface area contributed by atoms with Gasteiger partial charge >= 0.3 is 0 Å². The van der Waals surface area contributed by atoms with Gasteiger partial charge in [-0.2, -0.15) is 0 Å². The Bertz CT molecular complexity index is 843. The van der Waals surface area contributed by atoms with Crippen LogP contribution in [0.2, 0.25) is 0 Å². The molecule has 1 unspecified atom stereocenters. The smallest absolute Gasteiger partial charge is 0.295 e. The molecular formula is C20H22N2O4S. The molecule has 0 saturated carbocycles. The van der Waals surface area contributed by atoms with Crippen molar-refractivity contribution in [1.82, 2.24) is 10.2 Å². The molecule has 0 aliphatic carbocycles. The van der Waals surface area contributed by atoms with E-state index in [-0.39, 0.29) is 17.9 Å². The number of carbonyl (C=O) groups is 2. The first-order chi connectivity index (χ1) is 13.0.